The number of aliphatic hydroxyl groups excluding tert-OH is 1. The zero-order chi connectivity index (χ0) is 10.7. The summed E-state index contributed by atoms with van der Waals surface area (Å²) in [5, 5.41) is 10.1. The second-order valence-corrected chi connectivity index (χ2v) is 4.66. The van der Waals surface area contributed by atoms with Crippen LogP contribution < -0.4 is 0 Å². The van der Waals surface area contributed by atoms with Gasteiger partial charge in [0.1, 0.15) is 0 Å². The van der Waals surface area contributed by atoms with Gasteiger partial charge in [0.15, 0.2) is 0 Å². The van der Waals surface area contributed by atoms with Gasteiger partial charge >= 0.3 is 0 Å². The van der Waals surface area contributed by atoms with Gasteiger partial charge in [0.25, 0.3) is 0 Å². The molecule has 0 radical (unpaired) electrons. The van der Waals surface area contributed by atoms with E-state index >= 15 is 0 Å². The Bertz CT molecular complexity index is 289. The second-order valence-electron chi connectivity index (χ2n) is 3.80. The third-order valence-electron chi connectivity index (χ3n) is 2.75. The fraction of sp³-hybridized carbons (Fsp3) is 0.500. The first-order chi connectivity index (χ1) is 6.57. The van der Waals surface area contributed by atoms with Gasteiger partial charge in [-0.2, -0.15) is 0 Å². The molecule has 0 bridgehead atoms. The Kier molecular flexibility index (Phi) is 4.14. The molecule has 0 spiro atoms. The Morgan fingerprint density at radius 3 is 2.57 bits per heavy atom. The van der Waals surface area contributed by atoms with Crippen molar-refractivity contribution in [2.75, 3.05) is 0 Å². The molecule has 0 saturated carbocycles. The van der Waals surface area contributed by atoms with Crippen LogP contribution >= 0.6 is 15.9 Å². The van der Waals surface area contributed by atoms with Gasteiger partial charge < -0.3 is 5.11 Å². The minimum absolute atomic E-state index is 0.299. The maximum absolute atomic E-state index is 10.1. The smallest absolute Gasteiger partial charge is 0.0828 e. The number of rotatable bonds is 3. The molecule has 1 aromatic carbocycles. The van der Waals surface area contributed by atoms with Crippen LogP contribution in [0.1, 0.15) is 37.5 Å². The number of benzene rings is 1. The Hall–Kier alpha value is -0.340. The van der Waals surface area contributed by atoms with Crippen LogP contribution in [0.5, 0.6) is 0 Å². The lowest BCUT2D eigenvalue weighted by atomic mass is 9.92. The molecule has 1 rings (SSSR count). The van der Waals surface area contributed by atoms with Crippen LogP contribution in [-0.2, 0) is 0 Å². The molecule has 0 aliphatic heterocycles. The molecule has 0 fully saturated rings. The third-order valence-corrected chi connectivity index (χ3v) is 3.44. The van der Waals surface area contributed by atoms with Crippen molar-refractivity contribution in [1.29, 1.82) is 0 Å². The molecule has 1 N–H and O–H groups in total. The van der Waals surface area contributed by atoms with Crippen LogP contribution in [0.15, 0.2) is 22.7 Å². The third kappa shape index (κ3) is 2.37. The molecule has 0 aliphatic carbocycles. The van der Waals surface area contributed by atoms with Crippen molar-refractivity contribution < 1.29 is 5.11 Å². The lowest BCUT2D eigenvalue weighted by Gasteiger charge is -2.20. The van der Waals surface area contributed by atoms with E-state index in [9.17, 15) is 5.11 Å². The average Bonchev–Trinajstić information content (AvgIpc) is 2.16. The molecular formula is C12H17BrO. The first-order valence-electron chi connectivity index (χ1n) is 5.01. The summed E-state index contributed by atoms with van der Waals surface area (Å²) in [4.78, 5) is 0. The topological polar surface area (TPSA) is 20.2 Å². The van der Waals surface area contributed by atoms with Crippen molar-refractivity contribution in [3.05, 3.63) is 33.8 Å². The van der Waals surface area contributed by atoms with Gasteiger partial charge in [-0.15, -0.1) is 0 Å². The van der Waals surface area contributed by atoms with Crippen LogP contribution in [0, 0.1) is 12.8 Å². The minimum Gasteiger partial charge on any atom is -0.388 e. The largest absolute Gasteiger partial charge is 0.388 e. The summed E-state index contributed by atoms with van der Waals surface area (Å²) in [5.74, 6) is 0.299. The molecule has 14 heavy (non-hydrogen) atoms. The Balaban J connectivity index is 3.05. The molecule has 78 valence electrons. The van der Waals surface area contributed by atoms with Gasteiger partial charge in [-0.1, -0.05) is 48.3 Å². The molecule has 0 aliphatic rings. The van der Waals surface area contributed by atoms with Crippen LogP contribution in [0.25, 0.3) is 0 Å². The van der Waals surface area contributed by atoms with Gasteiger partial charge in [-0.25, -0.2) is 0 Å². The number of hydrogen-bond donors (Lipinski definition) is 1. The average molecular weight is 257 g/mol. The number of halogens is 1. The predicted molar refractivity (Wildman–Crippen MR) is 63.3 cm³/mol. The fourth-order valence-corrected chi connectivity index (χ4v) is 2.23. The van der Waals surface area contributed by atoms with Gasteiger partial charge in [0.2, 0.25) is 0 Å². The highest BCUT2D eigenvalue weighted by Crippen LogP contribution is 2.32. The van der Waals surface area contributed by atoms with Crippen LogP contribution in [-0.4, -0.2) is 5.11 Å². The lowest BCUT2D eigenvalue weighted by molar-refractivity contribution is 0.114. The van der Waals surface area contributed by atoms with Gasteiger partial charge in [-0.05, 0) is 30.0 Å². The molecular weight excluding hydrogens is 240 g/mol. The predicted octanol–water partition coefficient (Wildman–Crippen LogP) is 3.84. The van der Waals surface area contributed by atoms with E-state index in [0.29, 0.717) is 5.92 Å². The van der Waals surface area contributed by atoms with E-state index in [2.05, 4.69) is 29.8 Å². The van der Waals surface area contributed by atoms with E-state index in [1.807, 2.05) is 25.1 Å². The summed E-state index contributed by atoms with van der Waals surface area (Å²) < 4.78 is 1.00. The van der Waals surface area contributed by atoms with Crippen molar-refractivity contribution in [1.82, 2.24) is 0 Å². The maximum Gasteiger partial charge on any atom is 0.0828 e. The molecule has 0 saturated heterocycles. The molecule has 0 amide bonds. The zero-order valence-corrected chi connectivity index (χ0v) is 10.5. The zero-order valence-electron chi connectivity index (χ0n) is 8.92. The standard InChI is InChI=1S/C12H17BrO/c1-4-8(2)12(14)11-9(3)6-5-7-10(11)13/h5-8,12,14H,4H2,1-3H3. The van der Waals surface area contributed by atoms with Crippen molar-refractivity contribution in [3.8, 4) is 0 Å². The normalized spacial score (nSPS) is 15.2. The van der Waals surface area contributed by atoms with Crippen molar-refractivity contribution in [2.45, 2.75) is 33.3 Å². The van der Waals surface area contributed by atoms with Gasteiger partial charge in [0.05, 0.1) is 6.10 Å². The summed E-state index contributed by atoms with van der Waals surface area (Å²) in [5.41, 5.74) is 2.18. The summed E-state index contributed by atoms with van der Waals surface area (Å²) in [7, 11) is 0. The van der Waals surface area contributed by atoms with Crippen LogP contribution in [0.2, 0.25) is 0 Å². The summed E-state index contributed by atoms with van der Waals surface area (Å²) in [6.07, 6.45) is 0.623. The first kappa shape index (κ1) is 11.7. The minimum atomic E-state index is -0.365. The summed E-state index contributed by atoms with van der Waals surface area (Å²) in [6, 6.07) is 6.01. The highest BCUT2D eigenvalue weighted by Gasteiger charge is 2.18. The Morgan fingerprint density at radius 1 is 1.43 bits per heavy atom. The lowest BCUT2D eigenvalue weighted by Crippen LogP contribution is -2.10. The van der Waals surface area contributed by atoms with E-state index in [4.69, 9.17) is 0 Å². The molecule has 0 aromatic heterocycles. The molecule has 1 nitrogen and oxygen atoms in total. The van der Waals surface area contributed by atoms with Crippen LogP contribution in [0.4, 0.5) is 0 Å². The van der Waals surface area contributed by atoms with Gasteiger partial charge in [0, 0.05) is 4.47 Å². The maximum atomic E-state index is 10.1. The highest BCUT2D eigenvalue weighted by atomic mass is 79.9. The molecule has 0 heterocycles. The van der Waals surface area contributed by atoms with E-state index in [0.717, 1.165) is 22.0 Å². The first-order valence-corrected chi connectivity index (χ1v) is 5.80. The monoisotopic (exact) mass is 256 g/mol. The summed E-state index contributed by atoms with van der Waals surface area (Å²) >= 11 is 3.49. The molecule has 2 unspecified atom stereocenters. The fourth-order valence-electron chi connectivity index (χ4n) is 1.53. The molecule has 1 aromatic rings. The molecule has 2 heteroatoms. The van der Waals surface area contributed by atoms with E-state index in [1.165, 1.54) is 0 Å². The van der Waals surface area contributed by atoms with Crippen molar-refractivity contribution in [3.63, 3.8) is 0 Å². The summed E-state index contributed by atoms with van der Waals surface area (Å²) in [6.45, 7) is 6.20. The Labute approximate surface area is 94.3 Å². The van der Waals surface area contributed by atoms with E-state index in [1.54, 1.807) is 0 Å². The van der Waals surface area contributed by atoms with Crippen molar-refractivity contribution >= 4 is 15.9 Å². The van der Waals surface area contributed by atoms with E-state index < -0.39 is 0 Å². The van der Waals surface area contributed by atoms with Gasteiger partial charge in [-0.3, -0.25) is 0 Å². The van der Waals surface area contributed by atoms with E-state index in [-0.39, 0.29) is 6.10 Å². The number of aryl methyl sites for hydroxylation is 1. The van der Waals surface area contributed by atoms with Crippen LogP contribution in [0.3, 0.4) is 0 Å². The number of hydrogen-bond acceptors (Lipinski definition) is 1. The highest BCUT2D eigenvalue weighted by molar-refractivity contribution is 9.10. The Morgan fingerprint density at radius 2 is 2.07 bits per heavy atom. The van der Waals surface area contributed by atoms with Crippen molar-refractivity contribution in [2.24, 2.45) is 5.92 Å². The SMILES string of the molecule is CCC(C)C(O)c1c(C)cccc1Br. The quantitative estimate of drug-likeness (QED) is 0.872. The number of aliphatic hydroxyl groups is 1. The second kappa shape index (κ2) is 4.94. The molecule has 2 atom stereocenters.